The highest BCUT2D eigenvalue weighted by Crippen LogP contribution is 2.47. The molecule has 286 valence electrons. The van der Waals surface area contributed by atoms with E-state index < -0.39 is 19.2 Å². The summed E-state index contributed by atoms with van der Waals surface area (Å²) in [5.74, 6) is 2.87. The largest absolute Gasteiger partial charge is 0.383 e. The molecular formula is C36H68N9O4P. The zero-order chi connectivity index (χ0) is 36.0. The molecular weight excluding hydrogens is 653 g/mol. The van der Waals surface area contributed by atoms with Gasteiger partial charge in [-0.1, -0.05) is 19.3 Å². The van der Waals surface area contributed by atoms with E-state index in [0.717, 1.165) is 38.1 Å². The van der Waals surface area contributed by atoms with Crippen LogP contribution in [0.25, 0.3) is 0 Å². The lowest BCUT2D eigenvalue weighted by Crippen LogP contribution is -2.61. The maximum Gasteiger partial charge on any atom is 0.331 e. The highest BCUT2D eigenvalue weighted by molar-refractivity contribution is 7.53. The third-order valence-electron chi connectivity index (χ3n) is 10.2. The molecule has 2 aliphatic carbocycles. The van der Waals surface area contributed by atoms with Crippen molar-refractivity contribution in [3.63, 3.8) is 0 Å². The van der Waals surface area contributed by atoms with Crippen molar-refractivity contribution in [2.75, 3.05) is 87.7 Å². The molecule has 6 N–H and O–H groups in total. The van der Waals surface area contributed by atoms with Gasteiger partial charge in [0.05, 0.1) is 19.4 Å². The van der Waals surface area contributed by atoms with Crippen molar-refractivity contribution in [2.45, 2.75) is 116 Å². The number of nitrogens with two attached hydrogens (primary N) is 1. The summed E-state index contributed by atoms with van der Waals surface area (Å²) >= 11 is 0. The quantitative estimate of drug-likeness (QED) is 0.0979. The zero-order valence-corrected chi connectivity index (χ0v) is 32.6. The molecule has 50 heavy (non-hydrogen) atoms. The number of carbonyl (C=O) groups is 1. The fourth-order valence-electron chi connectivity index (χ4n) is 7.51. The molecule has 0 radical (unpaired) electrons. The first-order valence-electron chi connectivity index (χ1n) is 19.5. The van der Waals surface area contributed by atoms with Gasteiger partial charge in [0, 0.05) is 50.4 Å². The Morgan fingerprint density at radius 1 is 0.960 bits per heavy atom. The van der Waals surface area contributed by atoms with Gasteiger partial charge in [-0.3, -0.25) is 14.3 Å². The Labute approximate surface area is 301 Å². The first-order chi connectivity index (χ1) is 24.0. The van der Waals surface area contributed by atoms with Gasteiger partial charge in [-0.15, -0.1) is 0 Å². The summed E-state index contributed by atoms with van der Waals surface area (Å²) in [4.78, 5) is 27.1. The minimum absolute atomic E-state index is 0.0808. The first kappa shape index (κ1) is 40.7. The van der Waals surface area contributed by atoms with Gasteiger partial charge in [0.25, 0.3) is 0 Å². The van der Waals surface area contributed by atoms with Crippen molar-refractivity contribution in [3.8, 4) is 0 Å². The number of hydrogen-bond acceptors (Lipinski definition) is 12. The number of rotatable bonds is 19. The van der Waals surface area contributed by atoms with Crippen LogP contribution in [0.4, 0.5) is 17.6 Å². The molecule has 3 fully saturated rings. The van der Waals surface area contributed by atoms with Gasteiger partial charge >= 0.3 is 7.60 Å². The van der Waals surface area contributed by atoms with Crippen molar-refractivity contribution in [1.82, 2.24) is 30.8 Å². The van der Waals surface area contributed by atoms with E-state index in [1.165, 1.54) is 64.2 Å². The molecule has 13 nitrogen and oxygen atoms in total. The summed E-state index contributed by atoms with van der Waals surface area (Å²) in [6, 6.07) is 2.05. The highest BCUT2D eigenvalue weighted by Gasteiger charge is 2.36. The molecule has 1 aromatic heterocycles. The van der Waals surface area contributed by atoms with Gasteiger partial charge in [-0.25, -0.2) is 0 Å². The van der Waals surface area contributed by atoms with Crippen LogP contribution in [0, 0.1) is 11.8 Å². The molecule has 1 aliphatic heterocycles. The standard InChI is InChI=1S/C36H68N9O4P/c1-6-48-50(47,49-7-2)23-22-44-20-21-45(27-31(44)34(46)43-36(3,4)5)33-24-32(37)41-35(42-33)40-26-29-16-14-28(15-17-29)25-38-18-11-19-39-30-12-9-8-10-13-30/h24,28-31,38-39H,6-23,25-27H2,1-5H3,(H,43,46)(H3,37,40,41,42)/t28-,29-,31-/m0/s1. The molecule has 0 spiro atoms. The molecule has 0 bridgehead atoms. The van der Waals surface area contributed by atoms with Crippen LogP contribution >= 0.6 is 7.60 Å². The highest BCUT2D eigenvalue weighted by atomic mass is 31.2. The summed E-state index contributed by atoms with van der Waals surface area (Å²) in [6.07, 6.45) is 13.2. The topological polar surface area (TPSA) is 159 Å². The van der Waals surface area contributed by atoms with Crippen LogP contribution < -0.4 is 31.9 Å². The Bertz CT molecular complexity index is 1190. The fourth-order valence-corrected chi connectivity index (χ4v) is 9.13. The second-order valence-corrected chi connectivity index (χ2v) is 17.7. The lowest BCUT2D eigenvalue weighted by Gasteiger charge is -2.42. The molecule has 1 saturated heterocycles. The van der Waals surface area contributed by atoms with Gasteiger partial charge in [-0.2, -0.15) is 9.97 Å². The van der Waals surface area contributed by atoms with E-state index in [-0.39, 0.29) is 12.1 Å². The van der Waals surface area contributed by atoms with Crippen LogP contribution in [0.1, 0.15) is 98.8 Å². The average molecular weight is 722 g/mol. The zero-order valence-electron chi connectivity index (χ0n) is 31.7. The maximum atomic E-state index is 13.6. The number of piperazine rings is 1. The van der Waals surface area contributed by atoms with Crippen LogP contribution in [0.5, 0.6) is 0 Å². The Morgan fingerprint density at radius 3 is 2.30 bits per heavy atom. The minimum atomic E-state index is -3.24. The molecule has 1 aromatic rings. The van der Waals surface area contributed by atoms with Crippen molar-refractivity contribution < 1.29 is 18.4 Å². The third-order valence-corrected chi connectivity index (χ3v) is 12.2. The van der Waals surface area contributed by atoms with E-state index >= 15 is 0 Å². The van der Waals surface area contributed by atoms with E-state index in [1.807, 2.05) is 34.6 Å². The van der Waals surface area contributed by atoms with E-state index in [9.17, 15) is 9.36 Å². The number of nitrogens with one attached hydrogen (secondary N) is 4. The summed E-state index contributed by atoms with van der Waals surface area (Å²) in [6.45, 7) is 16.4. The lowest BCUT2D eigenvalue weighted by molar-refractivity contribution is -0.128. The molecule has 3 aliphatic rings. The lowest BCUT2D eigenvalue weighted by atomic mass is 9.82. The molecule has 0 aromatic carbocycles. The van der Waals surface area contributed by atoms with E-state index in [1.54, 1.807) is 6.07 Å². The number of nitrogen functional groups attached to an aromatic ring is 1. The Hall–Kier alpha value is -2.02. The van der Waals surface area contributed by atoms with Crippen LogP contribution in [-0.4, -0.2) is 110 Å². The first-order valence-corrected chi connectivity index (χ1v) is 21.2. The number of anilines is 3. The van der Waals surface area contributed by atoms with Crippen molar-refractivity contribution >= 4 is 31.1 Å². The maximum absolute atomic E-state index is 13.6. The van der Waals surface area contributed by atoms with Crippen molar-refractivity contribution in [2.24, 2.45) is 11.8 Å². The van der Waals surface area contributed by atoms with Crippen molar-refractivity contribution in [3.05, 3.63) is 6.07 Å². The fraction of sp³-hybridized carbons (Fsp3) is 0.861. The van der Waals surface area contributed by atoms with Gasteiger partial charge in [-0.05, 0) is 111 Å². The Morgan fingerprint density at radius 2 is 1.64 bits per heavy atom. The number of nitrogens with zero attached hydrogens (tertiary/aromatic N) is 4. The van der Waals surface area contributed by atoms with E-state index in [0.29, 0.717) is 62.9 Å². The summed E-state index contributed by atoms with van der Waals surface area (Å²) < 4.78 is 24.3. The monoisotopic (exact) mass is 722 g/mol. The average Bonchev–Trinajstić information content (AvgIpc) is 3.08. The van der Waals surface area contributed by atoms with Gasteiger partial charge < -0.3 is 40.9 Å². The normalized spacial score (nSPS) is 22.8. The van der Waals surface area contributed by atoms with E-state index in [4.69, 9.17) is 19.8 Å². The number of amides is 1. The Kier molecular flexibility index (Phi) is 16.5. The van der Waals surface area contributed by atoms with Gasteiger partial charge in [0.2, 0.25) is 11.9 Å². The predicted molar refractivity (Wildman–Crippen MR) is 204 cm³/mol. The second kappa shape index (κ2) is 20.3. The molecule has 2 saturated carbocycles. The van der Waals surface area contributed by atoms with Crippen LogP contribution in [0.2, 0.25) is 0 Å². The molecule has 1 amide bonds. The van der Waals surface area contributed by atoms with Crippen LogP contribution in [0.15, 0.2) is 6.07 Å². The van der Waals surface area contributed by atoms with E-state index in [2.05, 4.69) is 36.1 Å². The van der Waals surface area contributed by atoms with Gasteiger partial charge in [0.1, 0.15) is 17.7 Å². The van der Waals surface area contributed by atoms with Crippen LogP contribution in [0.3, 0.4) is 0 Å². The smallest absolute Gasteiger partial charge is 0.331 e. The number of carbonyl (C=O) groups excluding carboxylic acids is 1. The molecule has 1 atom stereocenters. The summed E-state index contributed by atoms with van der Waals surface area (Å²) in [5.41, 5.74) is 5.89. The second-order valence-electron chi connectivity index (χ2n) is 15.5. The summed E-state index contributed by atoms with van der Waals surface area (Å²) in [5, 5.41) is 14.1. The van der Waals surface area contributed by atoms with Crippen LogP contribution in [-0.2, 0) is 18.4 Å². The predicted octanol–water partition coefficient (Wildman–Crippen LogP) is 4.85. The Balaban J connectivity index is 1.24. The molecule has 4 rings (SSSR count). The number of hydrogen-bond donors (Lipinski definition) is 5. The summed E-state index contributed by atoms with van der Waals surface area (Å²) in [7, 11) is -3.24. The minimum Gasteiger partial charge on any atom is -0.383 e. The van der Waals surface area contributed by atoms with Crippen molar-refractivity contribution in [1.29, 1.82) is 0 Å². The SMILES string of the molecule is CCOP(=O)(CCN1CCN(c2cc(N)nc(NC[C@H]3CC[C@H](CNCCCNC4CCCCC4)CC3)n2)C[C@H]1C(=O)NC(C)(C)C)OCC. The molecule has 2 heterocycles. The third kappa shape index (κ3) is 13.8. The molecule has 0 unspecified atom stereocenters. The molecule has 14 heteroatoms. The number of aromatic nitrogens is 2. The van der Waals surface area contributed by atoms with Gasteiger partial charge in [0.15, 0.2) is 0 Å².